The molecule has 21 heavy (non-hydrogen) atoms. The van der Waals surface area contributed by atoms with Gasteiger partial charge in [-0.05, 0) is 19.8 Å². The molecular weight excluding hydrogens is 274 g/mol. The number of nitrogens with one attached hydrogen (secondary N) is 1. The van der Waals surface area contributed by atoms with E-state index in [-0.39, 0.29) is 18.6 Å². The van der Waals surface area contributed by atoms with Crippen LogP contribution in [-0.2, 0) is 6.54 Å². The molecule has 112 valence electrons. The molecule has 1 unspecified atom stereocenters. The van der Waals surface area contributed by atoms with Crippen LogP contribution in [0.4, 0.5) is 4.79 Å². The van der Waals surface area contributed by atoms with Crippen molar-refractivity contribution in [1.29, 1.82) is 0 Å². The highest BCUT2D eigenvalue weighted by Gasteiger charge is 2.32. The molecule has 3 rings (SSSR count). The molecule has 0 aromatic carbocycles. The van der Waals surface area contributed by atoms with Gasteiger partial charge < -0.3 is 19.3 Å². The third kappa shape index (κ3) is 2.88. The molecule has 0 radical (unpaired) electrons. The molecule has 2 aromatic heterocycles. The number of aryl methyl sites for hydroxylation is 2. The van der Waals surface area contributed by atoms with Crippen LogP contribution in [0.15, 0.2) is 15.1 Å². The van der Waals surface area contributed by atoms with Crippen LogP contribution in [0, 0.1) is 13.8 Å². The third-order valence-corrected chi connectivity index (χ3v) is 3.46. The summed E-state index contributed by atoms with van der Waals surface area (Å²) in [6, 6.07) is 1.66. The lowest BCUT2D eigenvalue weighted by Gasteiger charge is -2.22. The zero-order valence-electron chi connectivity index (χ0n) is 12.0. The average molecular weight is 291 g/mol. The van der Waals surface area contributed by atoms with Crippen molar-refractivity contribution in [2.75, 3.05) is 6.54 Å². The molecular formula is C13H17N5O3. The SMILES string of the molecule is Cc1cc(C2CCCN2C(=O)NCc2noc(C)n2)on1. The van der Waals surface area contributed by atoms with Crippen LogP contribution >= 0.6 is 0 Å². The fourth-order valence-electron chi connectivity index (χ4n) is 2.52. The highest BCUT2D eigenvalue weighted by Crippen LogP contribution is 2.32. The van der Waals surface area contributed by atoms with Crippen molar-refractivity contribution in [2.24, 2.45) is 0 Å². The van der Waals surface area contributed by atoms with Crippen LogP contribution in [-0.4, -0.2) is 32.8 Å². The number of carbonyl (C=O) groups excluding carboxylic acids is 1. The van der Waals surface area contributed by atoms with Gasteiger partial charge in [-0.3, -0.25) is 0 Å². The van der Waals surface area contributed by atoms with Gasteiger partial charge in [0.05, 0.1) is 18.3 Å². The van der Waals surface area contributed by atoms with Gasteiger partial charge in [-0.1, -0.05) is 10.3 Å². The Morgan fingerprint density at radius 2 is 2.29 bits per heavy atom. The first-order chi connectivity index (χ1) is 10.1. The third-order valence-electron chi connectivity index (χ3n) is 3.46. The second-order valence-electron chi connectivity index (χ2n) is 5.11. The number of aromatic nitrogens is 3. The van der Waals surface area contributed by atoms with Crippen molar-refractivity contribution in [2.45, 2.75) is 39.3 Å². The van der Waals surface area contributed by atoms with E-state index >= 15 is 0 Å². The van der Waals surface area contributed by atoms with Crippen molar-refractivity contribution < 1.29 is 13.8 Å². The number of hydrogen-bond acceptors (Lipinski definition) is 6. The molecule has 1 aliphatic rings. The van der Waals surface area contributed by atoms with Crippen LogP contribution < -0.4 is 5.32 Å². The molecule has 1 aliphatic heterocycles. The summed E-state index contributed by atoms with van der Waals surface area (Å²) in [7, 11) is 0. The molecule has 8 nitrogen and oxygen atoms in total. The number of carbonyl (C=O) groups is 1. The number of hydrogen-bond donors (Lipinski definition) is 1. The molecule has 0 aliphatic carbocycles. The summed E-state index contributed by atoms with van der Waals surface area (Å²) in [6.45, 7) is 4.52. The molecule has 1 fully saturated rings. The Balaban J connectivity index is 1.63. The summed E-state index contributed by atoms with van der Waals surface area (Å²) in [5.41, 5.74) is 0.819. The van der Waals surface area contributed by atoms with E-state index in [1.54, 1.807) is 11.8 Å². The first kappa shape index (κ1) is 13.6. The quantitative estimate of drug-likeness (QED) is 0.924. The molecule has 8 heteroatoms. The fraction of sp³-hybridized carbons (Fsp3) is 0.538. The van der Waals surface area contributed by atoms with Crippen LogP contribution in [0.2, 0.25) is 0 Å². The van der Waals surface area contributed by atoms with Crippen molar-refractivity contribution >= 4 is 6.03 Å². The predicted octanol–water partition coefficient (Wildman–Crippen LogP) is 1.72. The fourth-order valence-corrected chi connectivity index (χ4v) is 2.52. The lowest BCUT2D eigenvalue weighted by atomic mass is 10.1. The van der Waals surface area contributed by atoms with Gasteiger partial charge in [0.2, 0.25) is 5.89 Å². The minimum absolute atomic E-state index is 0.0572. The zero-order valence-corrected chi connectivity index (χ0v) is 12.0. The minimum atomic E-state index is -0.158. The Hall–Kier alpha value is -2.38. The molecule has 0 spiro atoms. The highest BCUT2D eigenvalue weighted by molar-refractivity contribution is 5.74. The molecule has 1 saturated heterocycles. The highest BCUT2D eigenvalue weighted by atomic mass is 16.5. The largest absolute Gasteiger partial charge is 0.359 e. The van der Waals surface area contributed by atoms with Crippen LogP contribution in [0.3, 0.4) is 0 Å². The predicted molar refractivity (Wildman–Crippen MR) is 71.2 cm³/mol. The maximum absolute atomic E-state index is 12.3. The van der Waals surface area contributed by atoms with Crippen LogP contribution in [0.1, 0.15) is 42.1 Å². The molecule has 0 saturated carbocycles. The van der Waals surface area contributed by atoms with E-state index in [1.807, 2.05) is 13.0 Å². The van der Waals surface area contributed by atoms with E-state index in [0.29, 0.717) is 18.3 Å². The maximum atomic E-state index is 12.3. The number of urea groups is 1. The van der Waals surface area contributed by atoms with E-state index in [2.05, 4.69) is 20.6 Å². The van der Waals surface area contributed by atoms with Crippen molar-refractivity contribution in [3.63, 3.8) is 0 Å². The van der Waals surface area contributed by atoms with Gasteiger partial charge in [-0.25, -0.2) is 4.79 Å². The number of amides is 2. The van der Waals surface area contributed by atoms with Gasteiger partial charge in [0.1, 0.15) is 0 Å². The molecule has 1 atom stereocenters. The standard InChI is InChI=1S/C13H17N5O3/c1-8-6-11(21-16-8)10-4-3-5-18(10)13(19)14-7-12-15-9(2)20-17-12/h6,10H,3-5,7H2,1-2H3,(H,14,19). The zero-order chi connectivity index (χ0) is 14.8. The summed E-state index contributed by atoms with van der Waals surface area (Å²) in [4.78, 5) is 18.1. The summed E-state index contributed by atoms with van der Waals surface area (Å²) in [5.74, 6) is 1.68. The first-order valence-electron chi connectivity index (χ1n) is 6.90. The van der Waals surface area contributed by atoms with E-state index in [0.717, 1.165) is 24.3 Å². The Labute approximate surface area is 121 Å². The monoisotopic (exact) mass is 291 g/mol. The Kier molecular flexibility index (Phi) is 3.59. The summed E-state index contributed by atoms with van der Waals surface area (Å²) in [5, 5.41) is 10.4. The topological polar surface area (TPSA) is 97.3 Å². The molecule has 1 N–H and O–H groups in total. The smallest absolute Gasteiger partial charge is 0.318 e. The van der Waals surface area contributed by atoms with Crippen LogP contribution in [0.25, 0.3) is 0 Å². The molecule has 3 heterocycles. The number of rotatable bonds is 3. The van der Waals surface area contributed by atoms with Crippen molar-refractivity contribution in [3.05, 3.63) is 29.2 Å². The van der Waals surface area contributed by atoms with E-state index < -0.39 is 0 Å². The maximum Gasteiger partial charge on any atom is 0.318 e. The Morgan fingerprint density at radius 1 is 1.43 bits per heavy atom. The van der Waals surface area contributed by atoms with Gasteiger partial charge in [0.25, 0.3) is 0 Å². The number of nitrogens with zero attached hydrogens (tertiary/aromatic N) is 4. The van der Waals surface area contributed by atoms with Gasteiger partial charge in [0.15, 0.2) is 11.6 Å². The second kappa shape index (κ2) is 5.55. The van der Waals surface area contributed by atoms with E-state index in [9.17, 15) is 4.79 Å². The Bertz CT molecular complexity index is 635. The van der Waals surface area contributed by atoms with Crippen molar-refractivity contribution in [1.82, 2.24) is 25.5 Å². The summed E-state index contributed by atoms with van der Waals surface area (Å²) in [6.07, 6.45) is 1.82. The summed E-state index contributed by atoms with van der Waals surface area (Å²) >= 11 is 0. The molecule has 0 bridgehead atoms. The van der Waals surface area contributed by atoms with Gasteiger partial charge in [-0.2, -0.15) is 4.98 Å². The van der Waals surface area contributed by atoms with Gasteiger partial charge in [-0.15, -0.1) is 0 Å². The first-order valence-corrected chi connectivity index (χ1v) is 6.90. The van der Waals surface area contributed by atoms with E-state index in [4.69, 9.17) is 9.05 Å². The van der Waals surface area contributed by atoms with Gasteiger partial charge >= 0.3 is 6.03 Å². The lowest BCUT2D eigenvalue weighted by Crippen LogP contribution is -2.39. The normalized spacial score (nSPS) is 18.2. The number of likely N-dealkylation sites (tertiary alicyclic amines) is 1. The average Bonchev–Trinajstić information content (AvgIpc) is 3.16. The summed E-state index contributed by atoms with van der Waals surface area (Å²) < 4.78 is 10.1. The van der Waals surface area contributed by atoms with Crippen molar-refractivity contribution in [3.8, 4) is 0 Å². The Morgan fingerprint density at radius 3 is 2.95 bits per heavy atom. The molecule has 2 amide bonds. The van der Waals surface area contributed by atoms with Gasteiger partial charge in [0, 0.05) is 19.5 Å². The minimum Gasteiger partial charge on any atom is -0.359 e. The lowest BCUT2D eigenvalue weighted by molar-refractivity contribution is 0.181. The van der Waals surface area contributed by atoms with E-state index in [1.165, 1.54) is 0 Å². The van der Waals surface area contributed by atoms with Crippen LogP contribution in [0.5, 0.6) is 0 Å². The second-order valence-corrected chi connectivity index (χ2v) is 5.11. The molecule has 2 aromatic rings.